The Morgan fingerprint density at radius 2 is 1.91 bits per heavy atom. The highest BCUT2D eigenvalue weighted by Gasteiger charge is 2.15. The van der Waals surface area contributed by atoms with E-state index in [1.807, 2.05) is 31.2 Å². The first-order valence-electron chi connectivity index (χ1n) is 7.09. The number of hydrogen-bond donors (Lipinski definition) is 0. The van der Waals surface area contributed by atoms with Gasteiger partial charge in [-0.15, -0.1) is 0 Å². The number of nitro benzene ring substituents is 1. The number of nitro groups is 1. The molecule has 23 heavy (non-hydrogen) atoms. The summed E-state index contributed by atoms with van der Waals surface area (Å²) in [5.74, 6) is 0.0907. The summed E-state index contributed by atoms with van der Waals surface area (Å²) in [5.41, 5.74) is 1.62. The van der Waals surface area contributed by atoms with Gasteiger partial charge in [0.2, 0.25) is 0 Å². The van der Waals surface area contributed by atoms with Crippen LogP contribution in [0.2, 0.25) is 0 Å². The largest absolute Gasteiger partial charge is 0.490 e. The molecule has 0 aliphatic carbocycles. The van der Waals surface area contributed by atoms with E-state index in [0.29, 0.717) is 11.3 Å². The van der Waals surface area contributed by atoms with E-state index >= 15 is 0 Å². The van der Waals surface area contributed by atoms with Crippen molar-refractivity contribution in [3.8, 4) is 5.75 Å². The van der Waals surface area contributed by atoms with Crippen molar-refractivity contribution in [3.63, 3.8) is 0 Å². The third kappa shape index (κ3) is 4.54. The summed E-state index contributed by atoms with van der Waals surface area (Å²) in [6.45, 7) is 3.84. The first-order valence-corrected chi connectivity index (χ1v) is 7.09. The van der Waals surface area contributed by atoms with Crippen LogP contribution in [0.5, 0.6) is 5.75 Å². The highest BCUT2D eigenvalue weighted by Crippen LogP contribution is 2.19. The van der Waals surface area contributed by atoms with Crippen molar-refractivity contribution in [1.82, 2.24) is 0 Å². The summed E-state index contributed by atoms with van der Waals surface area (Å²) in [7, 11) is 0. The second kappa shape index (κ2) is 7.40. The third-order valence-corrected chi connectivity index (χ3v) is 3.22. The molecule has 0 bridgehead atoms. The molecule has 120 valence electrons. The number of hydrogen-bond acceptors (Lipinski definition) is 5. The van der Waals surface area contributed by atoms with E-state index in [9.17, 15) is 14.9 Å². The summed E-state index contributed by atoms with van der Waals surface area (Å²) >= 11 is 0. The summed E-state index contributed by atoms with van der Waals surface area (Å²) in [6.07, 6.45) is 0. The molecule has 0 radical (unpaired) electrons. The maximum Gasteiger partial charge on any atom is 0.338 e. The Morgan fingerprint density at radius 3 is 2.61 bits per heavy atom. The molecule has 0 fully saturated rings. The first-order chi connectivity index (χ1) is 11.0. The molecule has 2 aromatic rings. The van der Waals surface area contributed by atoms with Crippen molar-refractivity contribution in [1.29, 1.82) is 0 Å². The van der Waals surface area contributed by atoms with Crippen molar-refractivity contribution in [2.24, 2.45) is 0 Å². The lowest BCUT2D eigenvalue weighted by molar-refractivity contribution is -0.385. The van der Waals surface area contributed by atoms with Crippen LogP contribution in [0.15, 0.2) is 42.5 Å². The maximum absolute atomic E-state index is 11.9. The van der Waals surface area contributed by atoms with Crippen LogP contribution in [0.1, 0.15) is 21.5 Å². The fourth-order valence-corrected chi connectivity index (χ4v) is 2.02. The average molecular weight is 315 g/mol. The fourth-order valence-electron chi connectivity index (χ4n) is 2.02. The fraction of sp³-hybridized carbons (Fsp3) is 0.235. The number of aryl methyl sites for hydroxylation is 2. The number of rotatable bonds is 6. The molecule has 6 heteroatoms. The van der Waals surface area contributed by atoms with Gasteiger partial charge in [-0.3, -0.25) is 10.1 Å². The quantitative estimate of drug-likeness (QED) is 0.353. The van der Waals surface area contributed by atoms with Gasteiger partial charge in [0.05, 0.1) is 10.5 Å². The number of benzene rings is 2. The smallest absolute Gasteiger partial charge is 0.338 e. The number of esters is 1. The highest BCUT2D eigenvalue weighted by atomic mass is 16.6. The molecule has 2 rings (SSSR count). The van der Waals surface area contributed by atoms with E-state index in [-0.39, 0.29) is 24.5 Å². The lowest BCUT2D eigenvalue weighted by Crippen LogP contribution is -2.12. The molecule has 6 nitrogen and oxygen atoms in total. The number of ether oxygens (including phenoxy) is 2. The molecule has 0 amide bonds. The van der Waals surface area contributed by atoms with Crippen molar-refractivity contribution < 1.29 is 19.2 Å². The molecule has 0 saturated heterocycles. The Hall–Kier alpha value is -2.89. The molecule has 0 heterocycles. The SMILES string of the molecule is Cc1cccc(OCCOC(=O)c2ccc(C)c([N+](=O)[O-])c2)c1. The summed E-state index contributed by atoms with van der Waals surface area (Å²) in [4.78, 5) is 22.2. The minimum atomic E-state index is -0.610. The van der Waals surface area contributed by atoms with Gasteiger partial charge in [0.25, 0.3) is 5.69 Å². The maximum atomic E-state index is 11.9. The molecule has 0 aromatic heterocycles. The molecule has 2 aromatic carbocycles. The van der Waals surface area contributed by atoms with Crippen LogP contribution < -0.4 is 4.74 Å². The number of nitrogens with zero attached hydrogens (tertiary/aromatic N) is 1. The van der Waals surface area contributed by atoms with E-state index in [4.69, 9.17) is 9.47 Å². The van der Waals surface area contributed by atoms with Gasteiger partial charge in [-0.2, -0.15) is 0 Å². The van der Waals surface area contributed by atoms with E-state index in [0.717, 1.165) is 5.56 Å². The highest BCUT2D eigenvalue weighted by molar-refractivity contribution is 5.90. The van der Waals surface area contributed by atoms with Crippen molar-refractivity contribution >= 4 is 11.7 Å². The van der Waals surface area contributed by atoms with E-state index in [1.165, 1.54) is 18.2 Å². The molecule has 0 atom stereocenters. The second-order valence-corrected chi connectivity index (χ2v) is 5.06. The lowest BCUT2D eigenvalue weighted by Gasteiger charge is -2.08. The van der Waals surface area contributed by atoms with E-state index < -0.39 is 10.9 Å². The summed E-state index contributed by atoms with van der Waals surface area (Å²) in [6, 6.07) is 11.8. The molecule has 0 spiro atoms. The summed E-state index contributed by atoms with van der Waals surface area (Å²) < 4.78 is 10.5. The van der Waals surface area contributed by atoms with Gasteiger partial charge >= 0.3 is 5.97 Å². The van der Waals surface area contributed by atoms with Crippen molar-refractivity contribution in [2.75, 3.05) is 13.2 Å². The molecule has 0 aliphatic heterocycles. The van der Waals surface area contributed by atoms with E-state index in [1.54, 1.807) is 6.92 Å². The Balaban J connectivity index is 1.88. The van der Waals surface area contributed by atoms with Gasteiger partial charge in [0.15, 0.2) is 0 Å². The van der Waals surface area contributed by atoms with Gasteiger partial charge in [-0.1, -0.05) is 18.2 Å². The minimum Gasteiger partial charge on any atom is -0.490 e. The van der Waals surface area contributed by atoms with Crippen LogP contribution in [0.4, 0.5) is 5.69 Å². The van der Waals surface area contributed by atoms with Gasteiger partial charge in [0.1, 0.15) is 19.0 Å². The predicted molar refractivity (Wildman–Crippen MR) is 84.8 cm³/mol. The third-order valence-electron chi connectivity index (χ3n) is 3.22. The minimum absolute atomic E-state index is 0.0639. The van der Waals surface area contributed by atoms with Crippen molar-refractivity contribution in [3.05, 3.63) is 69.3 Å². The van der Waals surface area contributed by atoms with Gasteiger partial charge in [-0.25, -0.2) is 4.79 Å². The van der Waals surface area contributed by atoms with Crippen LogP contribution in [0, 0.1) is 24.0 Å². The Labute approximate surface area is 133 Å². The Bertz CT molecular complexity index is 727. The van der Waals surface area contributed by atoms with Crippen LogP contribution in [0.25, 0.3) is 0 Å². The number of carbonyl (C=O) groups excluding carboxylic acids is 1. The van der Waals surface area contributed by atoms with Crippen LogP contribution in [-0.4, -0.2) is 24.1 Å². The molecule has 0 aliphatic rings. The Morgan fingerprint density at radius 1 is 1.13 bits per heavy atom. The molecule has 0 N–H and O–H groups in total. The second-order valence-electron chi connectivity index (χ2n) is 5.06. The zero-order valence-corrected chi connectivity index (χ0v) is 12.9. The van der Waals surface area contributed by atoms with E-state index in [2.05, 4.69) is 0 Å². The normalized spacial score (nSPS) is 10.2. The zero-order chi connectivity index (χ0) is 16.8. The zero-order valence-electron chi connectivity index (χ0n) is 12.9. The molecular weight excluding hydrogens is 298 g/mol. The molecule has 0 unspecified atom stereocenters. The van der Waals surface area contributed by atoms with Crippen LogP contribution >= 0.6 is 0 Å². The topological polar surface area (TPSA) is 78.7 Å². The molecule has 0 saturated carbocycles. The van der Waals surface area contributed by atoms with Gasteiger partial charge in [0, 0.05) is 11.6 Å². The van der Waals surface area contributed by atoms with Crippen molar-refractivity contribution in [2.45, 2.75) is 13.8 Å². The van der Waals surface area contributed by atoms with Gasteiger partial charge < -0.3 is 9.47 Å². The monoisotopic (exact) mass is 315 g/mol. The van der Waals surface area contributed by atoms with Crippen LogP contribution in [0.3, 0.4) is 0 Å². The first kappa shape index (κ1) is 16.5. The predicted octanol–water partition coefficient (Wildman–Crippen LogP) is 3.45. The lowest BCUT2D eigenvalue weighted by atomic mass is 10.1. The summed E-state index contributed by atoms with van der Waals surface area (Å²) in [5, 5.41) is 10.9. The number of carbonyl (C=O) groups is 1. The van der Waals surface area contributed by atoms with Crippen LogP contribution in [-0.2, 0) is 4.74 Å². The molecular formula is C17H17NO5. The van der Waals surface area contributed by atoms with Gasteiger partial charge in [-0.05, 0) is 37.6 Å². The standard InChI is InChI=1S/C17H17NO5/c1-12-4-3-5-15(10-12)22-8-9-23-17(19)14-7-6-13(2)16(11-14)18(20)21/h3-7,10-11H,8-9H2,1-2H3. The average Bonchev–Trinajstić information content (AvgIpc) is 2.51. The Kier molecular flexibility index (Phi) is 5.30.